The molecule has 0 atom stereocenters. The van der Waals surface area contributed by atoms with Crippen LogP contribution in [0.3, 0.4) is 0 Å². The molecule has 0 radical (unpaired) electrons. The minimum atomic E-state index is -3.60. The fourth-order valence-corrected chi connectivity index (χ4v) is 0.887. The van der Waals surface area contributed by atoms with Crippen molar-refractivity contribution >= 4 is 5.78 Å². The Morgan fingerprint density at radius 2 is 2.00 bits per heavy atom. The molecule has 0 unspecified atom stereocenters. The first-order valence-electron chi connectivity index (χ1n) is 3.59. The summed E-state index contributed by atoms with van der Waals surface area (Å²) < 4.78 is 38.4. The Morgan fingerprint density at radius 3 is 2.46 bits per heavy atom. The molecule has 13 heavy (non-hydrogen) atoms. The van der Waals surface area contributed by atoms with Gasteiger partial charge in [0, 0.05) is 12.5 Å². The van der Waals surface area contributed by atoms with Gasteiger partial charge in [0.1, 0.15) is 5.82 Å². The van der Waals surface area contributed by atoms with Crippen LogP contribution in [0.4, 0.5) is 13.2 Å². The molecule has 0 N–H and O–H groups in total. The highest BCUT2D eigenvalue weighted by Gasteiger charge is 2.37. The maximum atomic E-state index is 12.9. The van der Waals surface area contributed by atoms with E-state index in [4.69, 9.17) is 0 Å². The lowest BCUT2D eigenvalue weighted by Gasteiger charge is -2.12. The third-order valence-corrected chi connectivity index (χ3v) is 1.63. The molecule has 0 aliphatic heterocycles. The van der Waals surface area contributed by atoms with E-state index >= 15 is 0 Å². The summed E-state index contributed by atoms with van der Waals surface area (Å²) in [5.74, 6) is -5.67. The quantitative estimate of drug-likeness (QED) is 0.696. The van der Waals surface area contributed by atoms with Crippen molar-refractivity contribution < 1.29 is 18.0 Å². The van der Waals surface area contributed by atoms with Gasteiger partial charge in [-0.25, -0.2) is 4.39 Å². The Morgan fingerprint density at radius 1 is 1.38 bits per heavy atom. The van der Waals surface area contributed by atoms with Gasteiger partial charge in [-0.2, -0.15) is 8.78 Å². The van der Waals surface area contributed by atoms with Gasteiger partial charge in [-0.15, -0.1) is 0 Å². The number of rotatable bonds is 2. The van der Waals surface area contributed by atoms with Crippen LogP contribution >= 0.6 is 0 Å². The molecule has 0 spiro atoms. The summed E-state index contributed by atoms with van der Waals surface area (Å²) >= 11 is 0. The number of ketones is 1. The van der Waals surface area contributed by atoms with Crippen LogP contribution in [0.1, 0.15) is 12.5 Å². The van der Waals surface area contributed by atoms with E-state index in [0.717, 1.165) is 25.1 Å². The molecule has 0 aliphatic rings. The Bertz CT molecular complexity index is 333. The van der Waals surface area contributed by atoms with E-state index in [0.29, 0.717) is 6.07 Å². The average Bonchev–Trinajstić information content (AvgIpc) is 2.04. The molecule has 0 saturated carbocycles. The average molecular weight is 188 g/mol. The van der Waals surface area contributed by atoms with Gasteiger partial charge in [-0.1, -0.05) is 12.1 Å². The fourth-order valence-electron chi connectivity index (χ4n) is 0.887. The Hall–Kier alpha value is -1.32. The first-order chi connectivity index (χ1) is 5.94. The van der Waals surface area contributed by atoms with Gasteiger partial charge < -0.3 is 0 Å². The second-order valence-electron chi connectivity index (χ2n) is 2.64. The highest BCUT2D eigenvalue weighted by molar-refractivity contribution is 5.84. The number of carbonyl (C=O) groups excluding carboxylic acids is 1. The zero-order valence-corrected chi connectivity index (χ0v) is 6.85. The minimum Gasteiger partial charge on any atom is -0.293 e. The lowest BCUT2D eigenvalue weighted by molar-refractivity contribution is -0.141. The smallest absolute Gasteiger partial charge is 0.293 e. The summed E-state index contributed by atoms with van der Waals surface area (Å²) in [5.41, 5.74) is -0.611. The van der Waals surface area contributed by atoms with Crippen molar-refractivity contribution in [3.05, 3.63) is 35.6 Å². The van der Waals surface area contributed by atoms with Crippen LogP contribution in [0.25, 0.3) is 0 Å². The summed E-state index contributed by atoms with van der Waals surface area (Å²) in [6.45, 7) is 0.769. The summed E-state index contributed by atoms with van der Waals surface area (Å²) in [6, 6.07) is 3.85. The highest BCUT2D eigenvalue weighted by Crippen LogP contribution is 2.28. The molecule has 0 heterocycles. The van der Waals surface area contributed by atoms with Gasteiger partial charge in [-0.3, -0.25) is 4.79 Å². The molecule has 0 amide bonds. The number of carbonyl (C=O) groups is 1. The van der Waals surface area contributed by atoms with Gasteiger partial charge in [0.2, 0.25) is 5.78 Å². The molecule has 0 fully saturated rings. The first-order valence-corrected chi connectivity index (χ1v) is 3.59. The van der Waals surface area contributed by atoms with E-state index in [2.05, 4.69) is 0 Å². The SMILES string of the molecule is CC(=O)C(F)(F)c1cccc(F)c1. The topological polar surface area (TPSA) is 17.1 Å². The third-order valence-electron chi connectivity index (χ3n) is 1.63. The highest BCUT2D eigenvalue weighted by atomic mass is 19.3. The van der Waals surface area contributed by atoms with Crippen molar-refractivity contribution in [1.82, 2.24) is 0 Å². The second kappa shape index (κ2) is 3.20. The second-order valence-corrected chi connectivity index (χ2v) is 2.64. The monoisotopic (exact) mass is 188 g/mol. The van der Waals surface area contributed by atoms with Crippen LogP contribution in [0.2, 0.25) is 0 Å². The number of hydrogen-bond donors (Lipinski definition) is 0. The normalized spacial score (nSPS) is 11.4. The zero-order valence-electron chi connectivity index (χ0n) is 6.85. The summed E-state index contributed by atoms with van der Waals surface area (Å²) in [4.78, 5) is 10.5. The van der Waals surface area contributed by atoms with Crippen LogP contribution in [-0.2, 0) is 10.7 Å². The lowest BCUT2D eigenvalue weighted by atomic mass is 10.1. The van der Waals surface area contributed by atoms with Crippen molar-refractivity contribution in [2.45, 2.75) is 12.8 Å². The maximum Gasteiger partial charge on any atom is 0.330 e. The van der Waals surface area contributed by atoms with Gasteiger partial charge in [0.15, 0.2) is 0 Å². The fraction of sp³-hybridized carbons (Fsp3) is 0.222. The van der Waals surface area contributed by atoms with Crippen molar-refractivity contribution in [3.63, 3.8) is 0 Å². The van der Waals surface area contributed by atoms with Gasteiger partial charge >= 0.3 is 5.92 Å². The van der Waals surface area contributed by atoms with Gasteiger partial charge in [-0.05, 0) is 12.1 Å². The molecule has 1 aromatic rings. The van der Waals surface area contributed by atoms with E-state index in [1.807, 2.05) is 0 Å². The van der Waals surface area contributed by atoms with Crippen molar-refractivity contribution in [1.29, 1.82) is 0 Å². The predicted molar refractivity (Wildman–Crippen MR) is 41.0 cm³/mol. The van der Waals surface area contributed by atoms with Crippen LogP contribution in [0.15, 0.2) is 24.3 Å². The zero-order chi connectivity index (χ0) is 10.1. The van der Waals surface area contributed by atoms with Crippen molar-refractivity contribution in [2.75, 3.05) is 0 Å². The maximum absolute atomic E-state index is 12.9. The molecule has 0 aromatic heterocycles. The summed E-state index contributed by atoms with van der Waals surface area (Å²) in [5, 5.41) is 0. The van der Waals surface area contributed by atoms with Gasteiger partial charge in [0.05, 0.1) is 0 Å². The van der Waals surface area contributed by atoms with Gasteiger partial charge in [0.25, 0.3) is 0 Å². The molecule has 0 bridgehead atoms. The minimum absolute atomic E-state index is 0.611. The standard InChI is InChI=1S/C9H7F3O/c1-6(13)9(11,12)7-3-2-4-8(10)5-7/h2-5H,1H3. The molecule has 1 aromatic carbocycles. The number of Topliss-reactive ketones (excluding diaryl/α,β-unsaturated/α-hetero) is 1. The number of benzene rings is 1. The van der Waals surface area contributed by atoms with Crippen molar-refractivity contribution in [3.8, 4) is 0 Å². The Balaban J connectivity index is 3.14. The number of hydrogen-bond acceptors (Lipinski definition) is 1. The summed E-state index contributed by atoms with van der Waals surface area (Å²) in [6.07, 6.45) is 0. The van der Waals surface area contributed by atoms with E-state index in [9.17, 15) is 18.0 Å². The molecular weight excluding hydrogens is 181 g/mol. The van der Waals surface area contributed by atoms with E-state index in [1.165, 1.54) is 0 Å². The van der Waals surface area contributed by atoms with E-state index in [-0.39, 0.29) is 0 Å². The number of alkyl halides is 2. The first kappa shape index (κ1) is 9.77. The van der Waals surface area contributed by atoms with Crippen LogP contribution < -0.4 is 0 Å². The molecule has 0 saturated heterocycles. The predicted octanol–water partition coefficient (Wildman–Crippen LogP) is 2.51. The van der Waals surface area contributed by atoms with E-state index in [1.54, 1.807) is 0 Å². The Labute approximate surface area is 73.2 Å². The largest absolute Gasteiger partial charge is 0.330 e. The molecule has 1 rings (SSSR count). The molecule has 1 nitrogen and oxygen atoms in total. The third kappa shape index (κ3) is 1.88. The Kier molecular flexibility index (Phi) is 2.40. The summed E-state index contributed by atoms with van der Waals surface area (Å²) in [7, 11) is 0. The lowest BCUT2D eigenvalue weighted by Crippen LogP contribution is -2.23. The molecular formula is C9H7F3O. The number of halogens is 3. The van der Waals surface area contributed by atoms with Crippen LogP contribution in [0.5, 0.6) is 0 Å². The molecule has 0 aliphatic carbocycles. The molecule has 4 heteroatoms. The van der Waals surface area contributed by atoms with Crippen LogP contribution in [-0.4, -0.2) is 5.78 Å². The van der Waals surface area contributed by atoms with E-state index < -0.39 is 23.1 Å². The van der Waals surface area contributed by atoms with Crippen molar-refractivity contribution in [2.24, 2.45) is 0 Å². The van der Waals surface area contributed by atoms with Crippen LogP contribution in [0, 0.1) is 5.82 Å². The molecule has 70 valence electrons.